The molecule has 1 aromatic rings. The maximum Gasteiger partial charge on any atom is 0.434 e. The van der Waals surface area contributed by atoms with Gasteiger partial charge in [-0.05, 0) is 18.2 Å². The van der Waals surface area contributed by atoms with Crippen molar-refractivity contribution in [1.82, 2.24) is 4.31 Å². The van der Waals surface area contributed by atoms with Gasteiger partial charge in [-0.3, -0.25) is 9.79 Å². The van der Waals surface area contributed by atoms with Crippen LogP contribution in [-0.2, 0) is 25.1 Å². The molecule has 3 rings (SSSR count). The van der Waals surface area contributed by atoms with Gasteiger partial charge in [-0.1, -0.05) is 6.58 Å². The number of nitrogens with one attached hydrogen (secondary N) is 1. The fourth-order valence-electron chi connectivity index (χ4n) is 3.83. The topological polar surface area (TPSA) is 139 Å². The predicted molar refractivity (Wildman–Crippen MR) is 122 cm³/mol. The van der Waals surface area contributed by atoms with Crippen LogP contribution in [0.25, 0.3) is 0 Å². The van der Waals surface area contributed by atoms with E-state index in [-0.39, 0.29) is 11.3 Å². The standard InChI is InChI=1S/C20H21F5N6O4S/c1-10(28-8-15(27-2)20(23,24)25)17(32)29-11-4-5-13(22)12(6-11)19-9-35-14(7-21)16(19)36(33,34)31(3)18(26)30-19/h4-6,8,14,16H,1,7,9H2,2-3H3,(H2,26,30)(H,29,32). The van der Waals surface area contributed by atoms with E-state index in [1.807, 2.05) is 0 Å². The van der Waals surface area contributed by atoms with Crippen molar-refractivity contribution in [3.05, 3.63) is 41.9 Å². The Morgan fingerprint density at radius 2 is 2.11 bits per heavy atom. The monoisotopic (exact) mass is 536 g/mol. The Kier molecular flexibility index (Phi) is 7.23. The average molecular weight is 536 g/mol. The van der Waals surface area contributed by atoms with Gasteiger partial charge in [0.1, 0.15) is 35.1 Å². The van der Waals surface area contributed by atoms with Crippen LogP contribution in [0.4, 0.5) is 27.6 Å². The number of guanidine groups is 1. The van der Waals surface area contributed by atoms with Gasteiger partial charge in [0.05, 0.1) is 12.8 Å². The molecular formula is C20H21F5N6O4S. The highest BCUT2D eigenvalue weighted by Crippen LogP contribution is 2.46. The van der Waals surface area contributed by atoms with Crippen molar-refractivity contribution in [2.75, 3.05) is 32.7 Å². The molecule has 0 bridgehead atoms. The molecule has 36 heavy (non-hydrogen) atoms. The van der Waals surface area contributed by atoms with Gasteiger partial charge in [-0.2, -0.15) is 13.2 Å². The zero-order chi connectivity index (χ0) is 27.1. The molecular weight excluding hydrogens is 515 g/mol. The maximum absolute atomic E-state index is 15.0. The van der Waals surface area contributed by atoms with Crippen molar-refractivity contribution < 1.29 is 39.9 Å². The number of amides is 1. The van der Waals surface area contributed by atoms with Crippen molar-refractivity contribution in [3.8, 4) is 0 Å². The molecule has 2 aliphatic rings. The maximum atomic E-state index is 15.0. The van der Waals surface area contributed by atoms with Crippen LogP contribution in [-0.4, -0.2) is 81.4 Å². The lowest BCUT2D eigenvalue weighted by Gasteiger charge is -2.39. The molecule has 0 saturated carbocycles. The molecule has 3 atom stereocenters. The number of hydrogen-bond acceptors (Lipinski definition) is 8. The quantitative estimate of drug-likeness (QED) is 0.322. The molecule has 2 aliphatic heterocycles. The number of carbonyl (C=O) groups excluding carboxylic acids is 1. The highest BCUT2D eigenvalue weighted by atomic mass is 32.2. The number of nitrogens with two attached hydrogens (primary N) is 1. The normalized spacial score (nSPS) is 26.0. The van der Waals surface area contributed by atoms with Gasteiger partial charge in [-0.15, -0.1) is 0 Å². The minimum absolute atomic E-state index is 0.102. The van der Waals surface area contributed by atoms with E-state index in [2.05, 4.69) is 26.9 Å². The first-order valence-electron chi connectivity index (χ1n) is 10.1. The van der Waals surface area contributed by atoms with Crippen LogP contribution in [0.3, 0.4) is 0 Å². The summed E-state index contributed by atoms with van der Waals surface area (Å²) in [7, 11) is -2.33. The summed E-state index contributed by atoms with van der Waals surface area (Å²) >= 11 is 0. The van der Waals surface area contributed by atoms with Crippen LogP contribution in [0.5, 0.6) is 0 Å². The summed E-state index contributed by atoms with van der Waals surface area (Å²) in [5.41, 5.74) is 1.36. The molecule has 2 heterocycles. The number of sulfonamides is 1. The van der Waals surface area contributed by atoms with Crippen molar-refractivity contribution in [3.63, 3.8) is 0 Å². The first-order chi connectivity index (χ1) is 16.7. The average Bonchev–Trinajstić information content (AvgIpc) is 3.18. The number of anilines is 1. The Morgan fingerprint density at radius 3 is 2.69 bits per heavy atom. The number of nitrogens with zero attached hydrogens (tertiary/aromatic N) is 4. The molecule has 10 nitrogen and oxygen atoms in total. The lowest BCUT2D eigenvalue weighted by molar-refractivity contribution is -0.112. The van der Waals surface area contributed by atoms with Crippen LogP contribution in [0.15, 0.2) is 45.5 Å². The van der Waals surface area contributed by atoms with Crippen LogP contribution < -0.4 is 11.1 Å². The van der Waals surface area contributed by atoms with E-state index in [0.717, 1.165) is 32.3 Å². The number of aliphatic imine (C=N–C) groups is 3. The van der Waals surface area contributed by atoms with Crippen molar-refractivity contribution in [2.45, 2.75) is 23.1 Å². The Bertz CT molecular complexity index is 1280. The lowest BCUT2D eigenvalue weighted by atomic mass is 9.86. The van der Waals surface area contributed by atoms with E-state index in [1.54, 1.807) is 0 Å². The van der Waals surface area contributed by atoms with Crippen LogP contribution >= 0.6 is 0 Å². The van der Waals surface area contributed by atoms with E-state index in [1.165, 1.54) is 0 Å². The molecule has 1 aromatic carbocycles. The number of hydrogen-bond donors (Lipinski definition) is 2. The van der Waals surface area contributed by atoms with E-state index in [0.29, 0.717) is 10.5 Å². The highest BCUT2D eigenvalue weighted by Gasteiger charge is 2.62. The van der Waals surface area contributed by atoms with Gasteiger partial charge >= 0.3 is 6.18 Å². The molecule has 0 spiro atoms. The smallest absolute Gasteiger partial charge is 0.371 e. The number of benzene rings is 1. The number of alkyl halides is 4. The van der Waals surface area contributed by atoms with Crippen LogP contribution in [0.1, 0.15) is 5.56 Å². The Hall–Kier alpha value is -3.40. The molecule has 3 N–H and O–H groups in total. The zero-order valence-corrected chi connectivity index (χ0v) is 19.7. The molecule has 0 radical (unpaired) electrons. The van der Waals surface area contributed by atoms with Crippen molar-refractivity contribution >= 4 is 39.5 Å². The van der Waals surface area contributed by atoms with E-state index >= 15 is 4.39 Å². The SMILES string of the molecule is C=C(N=CC(=NC)C(F)(F)F)C(=O)Nc1ccc(F)c(C23COC(CF)C2S(=O)(=O)N(C)C(N)=N3)c1. The highest BCUT2D eigenvalue weighted by molar-refractivity contribution is 7.90. The first-order valence-corrected chi connectivity index (χ1v) is 11.6. The third kappa shape index (κ3) is 4.69. The minimum atomic E-state index is -4.80. The molecule has 1 saturated heterocycles. The molecule has 0 aliphatic carbocycles. The van der Waals surface area contributed by atoms with Crippen LogP contribution in [0, 0.1) is 5.82 Å². The predicted octanol–water partition coefficient (Wildman–Crippen LogP) is 1.50. The largest absolute Gasteiger partial charge is 0.434 e. The van der Waals surface area contributed by atoms with Gasteiger partial charge in [0.25, 0.3) is 5.91 Å². The number of carbonyl (C=O) groups is 1. The third-order valence-corrected chi connectivity index (χ3v) is 7.93. The summed E-state index contributed by atoms with van der Waals surface area (Å²) in [6.45, 7) is 1.56. The fraction of sp³-hybridized carbons (Fsp3) is 0.400. The van der Waals surface area contributed by atoms with Crippen LogP contribution in [0.2, 0.25) is 0 Å². The Balaban J connectivity index is 1.97. The molecule has 1 amide bonds. The molecule has 1 fully saturated rings. The molecule has 196 valence electrons. The Morgan fingerprint density at radius 1 is 1.44 bits per heavy atom. The molecule has 3 unspecified atom stereocenters. The summed E-state index contributed by atoms with van der Waals surface area (Å²) in [4.78, 5) is 22.9. The molecule has 16 heteroatoms. The summed E-state index contributed by atoms with van der Waals surface area (Å²) in [6.07, 6.45) is -5.95. The van der Waals surface area contributed by atoms with E-state index < -0.39 is 75.5 Å². The van der Waals surface area contributed by atoms with E-state index in [9.17, 15) is 30.8 Å². The Labute approximate surface area is 202 Å². The van der Waals surface area contributed by atoms with Gasteiger partial charge in [0.15, 0.2) is 5.71 Å². The summed E-state index contributed by atoms with van der Waals surface area (Å²) < 4.78 is 99.0. The summed E-state index contributed by atoms with van der Waals surface area (Å²) in [5.74, 6) is -2.47. The number of halogens is 5. The van der Waals surface area contributed by atoms with Gasteiger partial charge < -0.3 is 15.8 Å². The second kappa shape index (κ2) is 9.57. The first kappa shape index (κ1) is 27.2. The second-order valence-electron chi connectivity index (χ2n) is 7.79. The number of rotatable bonds is 6. The zero-order valence-electron chi connectivity index (χ0n) is 18.9. The van der Waals surface area contributed by atoms with Crippen molar-refractivity contribution in [1.29, 1.82) is 0 Å². The van der Waals surface area contributed by atoms with Gasteiger partial charge in [0, 0.05) is 25.3 Å². The molecule has 0 aromatic heterocycles. The number of fused-ring (bicyclic) bond motifs is 1. The minimum Gasteiger partial charge on any atom is -0.371 e. The van der Waals surface area contributed by atoms with Crippen molar-refractivity contribution in [2.24, 2.45) is 20.7 Å². The lowest BCUT2D eigenvalue weighted by Crippen LogP contribution is -2.59. The third-order valence-electron chi connectivity index (χ3n) is 5.64. The number of ether oxygens (including phenoxy) is 1. The second-order valence-corrected chi connectivity index (χ2v) is 9.88. The van der Waals surface area contributed by atoms with E-state index in [4.69, 9.17) is 10.5 Å². The fourth-order valence-corrected chi connectivity index (χ4v) is 5.75. The summed E-state index contributed by atoms with van der Waals surface area (Å²) in [5, 5.41) is 0.612. The van der Waals surface area contributed by atoms with Gasteiger partial charge in [-0.25, -0.2) is 31.5 Å². The van der Waals surface area contributed by atoms with Gasteiger partial charge in [0.2, 0.25) is 16.0 Å². The summed E-state index contributed by atoms with van der Waals surface area (Å²) in [6, 6.07) is 3.05.